The summed E-state index contributed by atoms with van der Waals surface area (Å²) >= 11 is 0. The maximum absolute atomic E-state index is 11.9. The molecule has 1 unspecified atom stereocenters. The molecule has 1 heterocycles. The molecule has 5 heteroatoms. The van der Waals surface area contributed by atoms with Gasteiger partial charge < -0.3 is 10.2 Å². The third kappa shape index (κ3) is 3.81. The largest absolute Gasteiger partial charge is 0.353 e. The number of piperazine rings is 1. The number of nitrogens with zero attached hydrogens (tertiary/aromatic N) is 1. The predicted molar refractivity (Wildman–Crippen MR) is 61.9 cm³/mol. The normalized spacial score (nSPS) is 20.8. The molecule has 5 nitrogen and oxygen atoms in total. The Bertz CT molecular complexity index is 256. The molecule has 0 aromatic carbocycles. The van der Waals surface area contributed by atoms with Crippen molar-refractivity contribution in [1.82, 2.24) is 15.5 Å². The van der Waals surface area contributed by atoms with Gasteiger partial charge in [0.1, 0.15) is 6.04 Å². The third-order valence-corrected chi connectivity index (χ3v) is 2.73. The molecule has 1 aliphatic rings. The van der Waals surface area contributed by atoms with Crippen LogP contribution in [0.3, 0.4) is 0 Å². The maximum atomic E-state index is 11.9. The first-order valence-corrected chi connectivity index (χ1v) is 5.75. The fraction of sp³-hybridized carbons (Fsp3) is 0.818. The quantitative estimate of drug-likeness (QED) is 0.685. The van der Waals surface area contributed by atoms with Gasteiger partial charge in [-0.15, -0.1) is 0 Å². The lowest BCUT2D eigenvalue weighted by Crippen LogP contribution is -2.58. The highest BCUT2D eigenvalue weighted by atomic mass is 16.2. The van der Waals surface area contributed by atoms with Crippen LogP contribution in [-0.4, -0.2) is 49.4 Å². The molecule has 1 aliphatic heterocycles. The van der Waals surface area contributed by atoms with Gasteiger partial charge >= 0.3 is 0 Å². The molecule has 0 aromatic heterocycles. The summed E-state index contributed by atoms with van der Waals surface area (Å²) < 4.78 is 0. The summed E-state index contributed by atoms with van der Waals surface area (Å²) in [5, 5.41) is 5.62. The van der Waals surface area contributed by atoms with Gasteiger partial charge in [-0.25, -0.2) is 0 Å². The van der Waals surface area contributed by atoms with Crippen LogP contribution < -0.4 is 10.6 Å². The minimum absolute atomic E-state index is 0.0473. The first-order valence-electron chi connectivity index (χ1n) is 5.75. The molecule has 1 saturated heterocycles. The molecule has 2 N–H and O–H groups in total. The molecule has 0 saturated carbocycles. The second kappa shape index (κ2) is 5.84. The topological polar surface area (TPSA) is 61.4 Å². The van der Waals surface area contributed by atoms with Crippen LogP contribution >= 0.6 is 0 Å². The van der Waals surface area contributed by atoms with E-state index in [1.165, 1.54) is 0 Å². The van der Waals surface area contributed by atoms with Gasteiger partial charge in [-0.3, -0.25) is 14.9 Å². The molecular weight excluding hydrogens is 206 g/mol. The van der Waals surface area contributed by atoms with Crippen LogP contribution in [0.15, 0.2) is 0 Å². The first-order chi connectivity index (χ1) is 7.50. The second-order valence-corrected chi connectivity index (χ2v) is 4.68. The maximum Gasteiger partial charge on any atom is 0.241 e. The summed E-state index contributed by atoms with van der Waals surface area (Å²) in [6.07, 6.45) is 1.00. The number of likely N-dealkylation sites (N-methyl/N-ethyl adjacent to an activating group) is 1. The van der Waals surface area contributed by atoms with Crippen LogP contribution in [0, 0.1) is 5.92 Å². The highest BCUT2D eigenvalue weighted by Gasteiger charge is 2.25. The minimum atomic E-state index is -0.269. The smallest absolute Gasteiger partial charge is 0.241 e. The molecule has 0 radical (unpaired) electrons. The van der Waals surface area contributed by atoms with Crippen molar-refractivity contribution in [2.24, 2.45) is 5.92 Å². The Kier molecular flexibility index (Phi) is 4.73. The van der Waals surface area contributed by atoms with Crippen molar-refractivity contribution in [2.45, 2.75) is 26.3 Å². The van der Waals surface area contributed by atoms with Crippen molar-refractivity contribution >= 4 is 11.8 Å². The Labute approximate surface area is 96.6 Å². The lowest BCUT2D eigenvalue weighted by Gasteiger charge is -2.28. The third-order valence-electron chi connectivity index (χ3n) is 2.73. The Balaban J connectivity index is 2.35. The van der Waals surface area contributed by atoms with Crippen LogP contribution in [0.2, 0.25) is 0 Å². The van der Waals surface area contributed by atoms with E-state index in [1.807, 2.05) is 7.05 Å². The molecule has 0 spiro atoms. The van der Waals surface area contributed by atoms with Crippen molar-refractivity contribution in [3.05, 3.63) is 0 Å². The van der Waals surface area contributed by atoms with Gasteiger partial charge in [-0.2, -0.15) is 0 Å². The fourth-order valence-electron chi connectivity index (χ4n) is 1.57. The number of rotatable bonds is 4. The SMILES string of the molecule is CC(C)CCN(C)C(=O)C1CNC(=O)CN1. The zero-order chi connectivity index (χ0) is 12.1. The first kappa shape index (κ1) is 13.0. The molecule has 2 amide bonds. The van der Waals surface area contributed by atoms with Crippen LogP contribution in [0.4, 0.5) is 0 Å². The van der Waals surface area contributed by atoms with Gasteiger partial charge in [0.2, 0.25) is 11.8 Å². The van der Waals surface area contributed by atoms with E-state index in [4.69, 9.17) is 0 Å². The fourth-order valence-corrected chi connectivity index (χ4v) is 1.57. The van der Waals surface area contributed by atoms with Crippen LogP contribution in [-0.2, 0) is 9.59 Å². The number of hydrogen-bond donors (Lipinski definition) is 2. The van der Waals surface area contributed by atoms with E-state index in [9.17, 15) is 9.59 Å². The molecule has 92 valence electrons. The second-order valence-electron chi connectivity index (χ2n) is 4.68. The van der Waals surface area contributed by atoms with Gasteiger partial charge in [0.15, 0.2) is 0 Å². The van der Waals surface area contributed by atoms with Gasteiger partial charge in [-0.05, 0) is 12.3 Å². The van der Waals surface area contributed by atoms with E-state index in [-0.39, 0.29) is 24.4 Å². The molecule has 1 fully saturated rings. The van der Waals surface area contributed by atoms with E-state index in [0.717, 1.165) is 13.0 Å². The van der Waals surface area contributed by atoms with Crippen molar-refractivity contribution in [2.75, 3.05) is 26.7 Å². The molecule has 16 heavy (non-hydrogen) atoms. The molecule has 1 rings (SSSR count). The highest BCUT2D eigenvalue weighted by Crippen LogP contribution is 2.02. The molecule has 0 aliphatic carbocycles. The van der Waals surface area contributed by atoms with E-state index in [2.05, 4.69) is 24.5 Å². The number of amides is 2. The van der Waals surface area contributed by atoms with Gasteiger partial charge in [0, 0.05) is 20.1 Å². The van der Waals surface area contributed by atoms with Crippen molar-refractivity contribution < 1.29 is 9.59 Å². The van der Waals surface area contributed by atoms with E-state index in [1.54, 1.807) is 4.90 Å². The molecule has 0 aromatic rings. The Morgan fingerprint density at radius 2 is 2.25 bits per heavy atom. The van der Waals surface area contributed by atoms with Crippen molar-refractivity contribution in [3.63, 3.8) is 0 Å². The summed E-state index contributed by atoms with van der Waals surface area (Å²) in [7, 11) is 1.81. The predicted octanol–water partition coefficient (Wildman–Crippen LogP) is -0.421. The van der Waals surface area contributed by atoms with E-state index >= 15 is 0 Å². The lowest BCUT2D eigenvalue weighted by molar-refractivity contribution is -0.133. The van der Waals surface area contributed by atoms with Crippen molar-refractivity contribution in [3.8, 4) is 0 Å². The van der Waals surface area contributed by atoms with Gasteiger partial charge in [-0.1, -0.05) is 13.8 Å². The summed E-state index contributed by atoms with van der Waals surface area (Å²) in [4.78, 5) is 24.6. The average Bonchev–Trinajstić information content (AvgIpc) is 2.26. The van der Waals surface area contributed by atoms with E-state index in [0.29, 0.717) is 12.5 Å². The van der Waals surface area contributed by atoms with Crippen LogP contribution in [0.5, 0.6) is 0 Å². The number of nitrogens with one attached hydrogen (secondary N) is 2. The number of carbonyl (C=O) groups is 2. The van der Waals surface area contributed by atoms with E-state index < -0.39 is 0 Å². The minimum Gasteiger partial charge on any atom is -0.353 e. The number of hydrogen-bond acceptors (Lipinski definition) is 3. The van der Waals surface area contributed by atoms with Gasteiger partial charge in [0.05, 0.1) is 6.54 Å². The summed E-state index contributed by atoms with van der Waals surface area (Å²) in [5.41, 5.74) is 0. The highest BCUT2D eigenvalue weighted by molar-refractivity contribution is 5.86. The van der Waals surface area contributed by atoms with Crippen molar-refractivity contribution in [1.29, 1.82) is 0 Å². The summed E-state index contributed by atoms with van der Waals surface area (Å²) in [5.74, 6) is 0.601. The Morgan fingerprint density at radius 1 is 1.56 bits per heavy atom. The summed E-state index contributed by atoms with van der Waals surface area (Å²) in [6.45, 7) is 5.66. The summed E-state index contributed by atoms with van der Waals surface area (Å²) in [6, 6.07) is -0.269. The monoisotopic (exact) mass is 227 g/mol. The Hall–Kier alpha value is -1.10. The molecule has 1 atom stereocenters. The zero-order valence-corrected chi connectivity index (χ0v) is 10.2. The standard InChI is InChI=1S/C11H21N3O2/c1-8(2)4-5-14(3)11(16)9-6-13-10(15)7-12-9/h8-9,12H,4-7H2,1-3H3,(H,13,15). The Morgan fingerprint density at radius 3 is 2.75 bits per heavy atom. The lowest BCUT2D eigenvalue weighted by atomic mass is 10.1. The number of carbonyl (C=O) groups excluding carboxylic acids is 2. The van der Waals surface area contributed by atoms with Crippen LogP contribution in [0.1, 0.15) is 20.3 Å². The molecular formula is C11H21N3O2. The molecule has 0 bridgehead atoms. The average molecular weight is 227 g/mol. The zero-order valence-electron chi connectivity index (χ0n) is 10.2. The van der Waals surface area contributed by atoms with Crippen LogP contribution in [0.25, 0.3) is 0 Å². The van der Waals surface area contributed by atoms with Gasteiger partial charge in [0.25, 0.3) is 0 Å².